The number of piperazine rings is 1. The van der Waals surface area contributed by atoms with Crippen molar-refractivity contribution in [1.82, 2.24) is 19.9 Å². The fraction of sp³-hybridized carbons (Fsp3) is 0.333. The number of carbonyl (C=O) groups is 1. The topological polar surface area (TPSA) is 83.5 Å². The normalized spacial score (nSPS) is 13.7. The van der Waals surface area contributed by atoms with Gasteiger partial charge in [-0.05, 0) is 37.6 Å². The average Bonchev–Trinajstić information content (AvgIpc) is 2.79. The van der Waals surface area contributed by atoms with Gasteiger partial charge in [0, 0.05) is 44.0 Å². The summed E-state index contributed by atoms with van der Waals surface area (Å²) >= 11 is 0. The van der Waals surface area contributed by atoms with Gasteiger partial charge in [-0.15, -0.1) is 0 Å². The van der Waals surface area contributed by atoms with Crippen molar-refractivity contribution < 1.29 is 9.53 Å². The monoisotopic (exact) mass is 432 g/mol. The van der Waals surface area contributed by atoms with Crippen LogP contribution in [0.5, 0.6) is 5.75 Å². The standard InChI is InChI=1S/C24H28N6O2/c1-17-8-9-25-21(14-17)28-22-16-23(27-18(2)26-22)29-10-12-30(13-11-29)24(31)15-19-6-4-5-7-20(19)32-3/h4-9,14,16H,10-13,15H2,1-3H3,(H,25,26,27,28). The average molecular weight is 433 g/mol. The fourth-order valence-electron chi connectivity index (χ4n) is 3.82. The Morgan fingerprint density at radius 2 is 1.81 bits per heavy atom. The molecule has 1 aliphatic rings. The molecule has 0 aliphatic carbocycles. The smallest absolute Gasteiger partial charge is 0.227 e. The van der Waals surface area contributed by atoms with E-state index in [1.54, 1.807) is 13.3 Å². The molecule has 8 heteroatoms. The number of rotatable bonds is 6. The van der Waals surface area contributed by atoms with Gasteiger partial charge < -0.3 is 19.9 Å². The van der Waals surface area contributed by atoms with Crippen LogP contribution in [-0.2, 0) is 11.2 Å². The molecule has 8 nitrogen and oxygen atoms in total. The van der Waals surface area contributed by atoms with Crippen LogP contribution in [0.1, 0.15) is 17.0 Å². The predicted octanol–water partition coefficient (Wildman–Crippen LogP) is 3.13. The Labute approximate surface area is 188 Å². The van der Waals surface area contributed by atoms with Gasteiger partial charge in [0.2, 0.25) is 5.91 Å². The summed E-state index contributed by atoms with van der Waals surface area (Å²) in [4.78, 5) is 30.4. The van der Waals surface area contributed by atoms with E-state index < -0.39 is 0 Å². The highest BCUT2D eigenvalue weighted by atomic mass is 16.5. The van der Waals surface area contributed by atoms with E-state index in [-0.39, 0.29) is 5.91 Å². The van der Waals surface area contributed by atoms with E-state index in [2.05, 4.69) is 25.2 Å². The first-order valence-corrected chi connectivity index (χ1v) is 10.7. The van der Waals surface area contributed by atoms with Gasteiger partial charge in [0.25, 0.3) is 0 Å². The zero-order chi connectivity index (χ0) is 22.5. The van der Waals surface area contributed by atoms with Crippen LogP contribution >= 0.6 is 0 Å². The van der Waals surface area contributed by atoms with Crippen molar-refractivity contribution in [2.45, 2.75) is 20.3 Å². The minimum Gasteiger partial charge on any atom is -0.496 e. The minimum absolute atomic E-state index is 0.112. The molecule has 1 N–H and O–H groups in total. The maximum Gasteiger partial charge on any atom is 0.227 e. The van der Waals surface area contributed by atoms with E-state index in [1.807, 2.05) is 61.2 Å². The Hall–Kier alpha value is -3.68. The number of pyridine rings is 1. The number of ether oxygens (including phenoxy) is 1. The summed E-state index contributed by atoms with van der Waals surface area (Å²) in [7, 11) is 1.63. The minimum atomic E-state index is 0.112. The van der Waals surface area contributed by atoms with Crippen molar-refractivity contribution in [1.29, 1.82) is 0 Å². The fourth-order valence-corrected chi connectivity index (χ4v) is 3.82. The van der Waals surface area contributed by atoms with Crippen molar-refractivity contribution in [3.63, 3.8) is 0 Å². The zero-order valence-corrected chi connectivity index (χ0v) is 18.7. The number of para-hydroxylation sites is 1. The van der Waals surface area contributed by atoms with Crippen LogP contribution < -0.4 is 15.0 Å². The summed E-state index contributed by atoms with van der Waals surface area (Å²) in [6.07, 6.45) is 2.11. The number of nitrogens with one attached hydrogen (secondary N) is 1. The molecular formula is C24H28N6O2. The highest BCUT2D eigenvalue weighted by Gasteiger charge is 2.23. The number of anilines is 3. The first kappa shape index (κ1) is 21.5. The van der Waals surface area contributed by atoms with E-state index >= 15 is 0 Å². The molecule has 1 saturated heterocycles. The van der Waals surface area contributed by atoms with E-state index in [0.717, 1.165) is 41.6 Å². The van der Waals surface area contributed by atoms with Crippen LogP contribution in [0.15, 0.2) is 48.7 Å². The maximum absolute atomic E-state index is 12.8. The quantitative estimate of drug-likeness (QED) is 0.641. The number of nitrogens with zero attached hydrogens (tertiary/aromatic N) is 5. The molecule has 2 aromatic heterocycles. The van der Waals surface area contributed by atoms with Gasteiger partial charge in [0.15, 0.2) is 0 Å². The second-order valence-electron chi connectivity index (χ2n) is 7.86. The number of aromatic nitrogens is 3. The maximum atomic E-state index is 12.8. The Morgan fingerprint density at radius 1 is 1.03 bits per heavy atom. The summed E-state index contributed by atoms with van der Waals surface area (Å²) in [6.45, 7) is 6.65. The largest absolute Gasteiger partial charge is 0.496 e. The molecule has 0 radical (unpaired) electrons. The number of carbonyl (C=O) groups excluding carboxylic acids is 1. The van der Waals surface area contributed by atoms with E-state index in [0.29, 0.717) is 31.2 Å². The number of methoxy groups -OCH3 is 1. The Bertz CT molecular complexity index is 1100. The Balaban J connectivity index is 1.39. The second kappa shape index (κ2) is 9.64. The molecule has 1 aromatic carbocycles. The third-order valence-corrected chi connectivity index (χ3v) is 5.49. The molecule has 0 spiro atoms. The molecule has 166 valence electrons. The summed E-state index contributed by atoms with van der Waals surface area (Å²) in [5.74, 6) is 3.86. The van der Waals surface area contributed by atoms with Gasteiger partial charge >= 0.3 is 0 Å². The van der Waals surface area contributed by atoms with Crippen molar-refractivity contribution >= 4 is 23.4 Å². The molecule has 0 atom stereocenters. The van der Waals surface area contributed by atoms with Gasteiger partial charge in [-0.3, -0.25) is 4.79 Å². The van der Waals surface area contributed by atoms with Crippen LogP contribution in [0.3, 0.4) is 0 Å². The number of benzene rings is 1. The molecule has 1 fully saturated rings. The first-order valence-electron chi connectivity index (χ1n) is 10.7. The van der Waals surface area contributed by atoms with Crippen LogP contribution in [0.4, 0.5) is 17.5 Å². The third kappa shape index (κ3) is 5.14. The van der Waals surface area contributed by atoms with Crippen LogP contribution in [0, 0.1) is 13.8 Å². The lowest BCUT2D eigenvalue weighted by molar-refractivity contribution is -0.130. The number of hydrogen-bond donors (Lipinski definition) is 1. The SMILES string of the molecule is COc1ccccc1CC(=O)N1CCN(c2cc(Nc3cc(C)ccn3)nc(C)n2)CC1. The summed E-state index contributed by atoms with van der Waals surface area (Å²) in [6, 6.07) is 13.5. The number of hydrogen-bond acceptors (Lipinski definition) is 7. The van der Waals surface area contributed by atoms with Crippen LogP contribution in [0.25, 0.3) is 0 Å². The van der Waals surface area contributed by atoms with Crippen LogP contribution in [-0.4, -0.2) is 59.0 Å². The van der Waals surface area contributed by atoms with Gasteiger partial charge in [0.1, 0.15) is 29.0 Å². The molecule has 0 bridgehead atoms. The molecule has 1 aliphatic heterocycles. The Kier molecular flexibility index (Phi) is 6.49. The van der Waals surface area contributed by atoms with Crippen molar-refractivity contribution in [2.24, 2.45) is 0 Å². The van der Waals surface area contributed by atoms with Crippen molar-refractivity contribution in [3.05, 3.63) is 65.6 Å². The molecule has 0 unspecified atom stereocenters. The summed E-state index contributed by atoms with van der Waals surface area (Å²) in [5.41, 5.74) is 2.04. The summed E-state index contributed by atoms with van der Waals surface area (Å²) in [5, 5.41) is 3.26. The number of amides is 1. The van der Waals surface area contributed by atoms with E-state index in [9.17, 15) is 4.79 Å². The highest BCUT2D eigenvalue weighted by molar-refractivity contribution is 5.79. The van der Waals surface area contributed by atoms with E-state index in [1.165, 1.54) is 0 Å². The third-order valence-electron chi connectivity index (χ3n) is 5.49. The predicted molar refractivity (Wildman–Crippen MR) is 125 cm³/mol. The summed E-state index contributed by atoms with van der Waals surface area (Å²) < 4.78 is 5.38. The molecule has 1 amide bonds. The second-order valence-corrected chi connectivity index (χ2v) is 7.86. The van der Waals surface area contributed by atoms with Gasteiger partial charge in [0.05, 0.1) is 13.5 Å². The molecule has 4 rings (SSSR count). The molecular weight excluding hydrogens is 404 g/mol. The molecule has 32 heavy (non-hydrogen) atoms. The van der Waals surface area contributed by atoms with Crippen LogP contribution in [0.2, 0.25) is 0 Å². The highest BCUT2D eigenvalue weighted by Crippen LogP contribution is 2.22. The number of aryl methyl sites for hydroxylation is 2. The van der Waals surface area contributed by atoms with Gasteiger partial charge in [-0.25, -0.2) is 15.0 Å². The lowest BCUT2D eigenvalue weighted by Crippen LogP contribution is -2.49. The van der Waals surface area contributed by atoms with Gasteiger partial charge in [-0.2, -0.15) is 0 Å². The molecule has 0 saturated carbocycles. The van der Waals surface area contributed by atoms with Crippen molar-refractivity contribution in [2.75, 3.05) is 43.5 Å². The Morgan fingerprint density at radius 3 is 2.56 bits per heavy atom. The zero-order valence-electron chi connectivity index (χ0n) is 18.7. The molecule has 3 aromatic rings. The first-order chi connectivity index (χ1) is 15.5. The molecule has 3 heterocycles. The van der Waals surface area contributed by atoms with Crippen molar-refractivity contribution in [3.8, 4) is 5.75 Å². The lowest BCUT2D eigenvalue weighted by atomic mass is 10.1. The van der Waals surface area contributed by atoms with Gasteiger partial charge in [-0.1, -0.05) is 18.2 Å². The van der Waals surface area contributed by atoms with E-state index in [4.69, 9.17) is 4.74 Å². The lowest BCUT2D eigenvalue weighted by Gasteiger charge is -2.35.